The molecule has 0 heterocycles. The summed E-state index contributed by atoms with van der Waals surface area (Å²) in [5.41, 5.74) is 0.727. The van der Waals surface area contributed by atoms with Crippen LogP contribution in [0.2, 0.25) is 15.1 Å². The van der Waals surface area contributed by atoms with Crippen LogP contribution in [0.3, 0.4) is 0 Å². The molecule has 0 aliphatic rings. The van der Waals surface area contributed by atoms with Crippen molar-refractivity contribution in [2.45, 2.75) is 6.61 Å². The normalized spacial score (nSPS) is 10.9. The lowest BCUT2D eigenvalue weighted by Gasteiger charge is -2.12. The summed E-state index contributed by atoms with van der Waals surface area (Å²) in [7, 11) is 1.49. The third-order valence-electron chi connectivity index (χ3n) is 4.65. The average molecular weight is 533 g/mol. The largest absolute Gasteiger partial charge is 0.493 e. The Morgan fingerprint density at radius 1 is 1.09 bits per heavy atom. The van der Waals surface area contributed by atoms with E-state index in [9.17, 15) is 20.2 Å². The smallest absolute Gasteiger partial charge is 0.272 e. The molecule has 0 radical (unpaired) electrons. The van der Waals surface area contributed by atoms with Gasteiger partial charge in [0.1, 0.15) is 18.2 Å². The number of nitro benzene ring substituents is 1. The lowest BCUT2D eigenvalue weighted by atomic mass is 10.1. The van der Waals surface area contributed by atoms with E-state index in [1.54, 1.807) is 30.3 Å². The average Bonchev–Trinajstić information content (AvgIpc) is 2.84. The van der Waals surface area contributed by atoms with Gasteiger partial charge in [-0.05, 0) is 41.5 Å². The molecule has 0 aliphatic carbocycles. The van der Waals surface area contributed by atoms with Crippen LogP contribution in [0.15, 0.2) is 60.2 Å². The molecule has 0 aromatic heterocycles. The number of benzene rings is 3. The van der Waals surface area contributed by atoms with Crippen molar-refractivity contribution in [1.82, 2.24) is 0 Å². The summed E-state index contributed by atoms with van der Waals surface area (Å²) in [4.78, 5) is 23.0. The molecule has 11 heteroatoms. The Balaban J connectivity index is 1.83. The van der Waals surface area contributed by atoms with Crippen LogP contribution in [0.1, 0.15) is 11.1 Å². The van der Waals surface area contributed by atoms with Crippen molar-refractivity contribution < 1.29 is 19.2 Å². The molecule has 35 heavy (non-hydrogen) atoms. The number of nitriles is 1. The minimum Gasteiger partial charge on any atom is -0.493 e. The SMILES string of the molecule is COc1ccc(/C=C(\C#N)C(=O)Nc2c(Cl)cc([N+](=O)[O-])cc2Cl)cc1OCc1ccc(Cl)cc1. The second-order valence-electron chi connectivity index (χ2n) is 6.99. The van der Waals surface area contributed by atoms with Crippen LogP contribution in [-0.2, 0) is 11.4 Å². The van der Waals surface area contributed by atoms with E-state index >= 15 is 0 Å². The lowest BCUT2D eigenvalue weighted by Crippen LogP contribution is -2.14. The van der Waals surface area contributed by atoms with Crippen molar-refractivity contribution in [1.29, 1.82) is 5.26 Å². The van der Waals surface area contributed by atoms with Gasteiger partial charge in [0.05, 0.1) is 27.8 Å². The van der Waals surface area contributed by atoms with Gasteiger partial charge in [-0.25, -0.2) is 0 Å². The summed E-state index contributed by atoms with van der Waals surface area (Å²) in [6.07, 6.45) is 1.34. The number of nitrogens with one attached hydrogen (secondary N) is 1. The van der Waals surface area contributed by atoms with Crippen LogP contribution < -0.4 is 14.8 Å². The van der Waals surface area contributed by atoms with Gasteiger partial charge in [-0.15, -0.1) is 0 Å². The summed E-state index contributed by atoms with van der Waals surface area (Å²) in [6, 6.07) is 16.0. The second kappa shape index (κ2) is 11.6. The number of anilines is 1. The molecule has 0 atom stereocenters. The summed E-state index contributed by atoms with van der Waals surface area (Å²) in [6.45, 7) is 0.240. The monoisotopic (exact) mass is 531 g/mol. The molecule has 8 nitrogen and oxygen atoms in total. The number of carbonyl (C=O) groups is 1. The Hall–Kier alpha value is -3.77. The zero-order valence-electron chi connectivity index (χ0n) is 18.1. The maximum absolute atomic E-state index is 12.7. The van der Waals surface area contributed by atoms with Crippen LogP contribution in [0, 0.1) is 21.4 Å². The number of ether oxygens (including phenoxy) is 2. The number of nitrogens with zero attached hydrogens (tertiary/aromatic N) is 2. The standard InChI is InChI=1S/C24H16Cl3N3O5/c1-34-21-7-4-15(9-22(21)35-13-14-2-5-17(25)6-3-14)8-16(12-28)24(31)29-23-19(26)10-18(30(32)33)11-20(23)27/h2-11H,13H2,1H3,(H,29,31)/b16-8+. The van der Waals surface area contributed by atoms with Crippen molar-refractivity contribution >= 4 is 58.2 Å². The van der Waals surface area contributed by atoms with E-state index in [2.05, 4.69) is 5.32 Å². The fourth-order valence-corrected chi connectivity index (χ4v) is 3.61. The molecule has 1 amide bonds. The Morgan fingerprint density at radius 2 is 1.74 bits per heavy atom. The minimum atomic E-state index is -0.801. The first-order chi connectivity index (χ1) is 16.7. The van der Waals surface area contributed by atoms with Gasteiger partial charge in [-0.1, -0.05) is 53.0 Å². The summed E-state index contributed by atoms with van der Waals surface area (Å²) in [5.74, 6) is 0.0588. The van der Waals surface area contributed by atoms with Crippen LogP contribution in [0.4, 0.5) is 11.4 Å². The molecule has 1 N–H and O–H groups in total. The molecule has 0 spiro atoms. The number of methoxy groups -OCH3 is 1. The number of nitro groups is 1. The molecule has 3 aromatic carbocycles. The van der Waals surface area contributed by atoms with E-state index in [-0.39, 0.29) is 33.6 Å². The molecule has 0 bridgehead atoms. The Labute approximate surface area is 215 Å². The second-order valence-corrected chi connectivity index (χ2v) is 8.24. The molecule has 0 unspecified atom stereocenters. The maximum atomic E-state index is 12.7. The van der Waals surface area contributed by atoms with Gasteiger partial charge >= 0.3 is 0 Å². The van der Waals surface area contributed by atoms with E-state index in [0.29, 0.717) is 22.1 Å². The molecule has 3 aromatic rings. The van der Waals surface area contributed by atoms with Gasteiger partial charge in [0.2, 0.25) is 0 Å². The third kappa shape index (κ3) is 6.64. The highest BCUT2D eigenvalue weighted by Gasteiger charge is 2.18. The molecule has 0 aliphatic heterocycles. The first-order valence-corrected chi connectivity index (χ1v) is 11.0. The predicted octanol–water partition coefficient (Wildman–Crippen LogP) is 6.69. The van der Waals surface area contributed by atoms with E-state index in [1.807, 2.05) is 18.2 Å². The number of non-ortho nitro benzene ring substituents is 1. The first-order valence-electron chi connectivity index (χ1n) is 9.83. The number of amides is 1. The minimum absolute atomic E-state index is 0.0493. The number of hydrogen-bond donors (Lipinski definition) is 1. The summed E-state index contributed by atoms with van der Waals surface area (Å²) in [5, 5.41) is 23.2. The van der Waals surface area contributed by atoms with E-state index in [0.717, 1.165) is 17.7 Å². The Bertz CT molecular complexity index is 1330. The van der Waals surface area contributed by atoms with E-state index in [4.69, 9.17) is 44.3 Å². The van der Waals surface area contributed by atoms with Crippen LogP contribution in [-0.4, -0.2) is 17.9 Å². The predicted molar refractivity (Wildman–Crippen MR) is 134 cm³/mol. The fourth-order valence-electron chi connectivity index (χ4n) is 2.92. The summed E-state index contributed by atoms with van der Waals surface area (Å²) >= 11 is 18.0. The Morgan fingerprint density at radius 3 is 2.31 bits per heavy atom. The molecule has 3 rings (SSSR count). The molecule has 0 saturated heterocycles. The van der Waals surface area contributed by atoms with Crippen molar-refractivity contribution in [3.8, 4) is 17.6 Å². The maximum Gasteiger partial charge on any atom is 0.272 e. The quantitative estimate of drug-likeness (QED) is 0.150. The van der Waals surface area contributed by atoms with Gasteiger partial charge < -0.3 is 14.8 Å². The number of hydrogen-bond acceptors (Lipinski definition) is 6. The van der Waals surface area contributed by atoms with Crippen molar-refractivity contribution in [2.24, 2.45) is 0 Å². The Kier molecular flexibility index (Phi) is 8.55. The van der Waals surface area contributed by atoms with E-state index < -0.39 is 10.8 Å². The van der Waals surface area contributed by atoms with Gasteiger partial charge in [-0.3, -0.25) is 14.9 Å². The third-order valence-corrected chi connectivity index (χ3v) is 5.50. The zero-order valence-corrected chi connectivity index (χ0v) is 20.3. The van der Waals surface area contributed by atoms with Gasteiger partial charge in [0.15, 0.2) is 11.5 Å². The topological polar surface area (TPSA) is 114 Å². The van der Waals surface area contributed by atoms with Crippen LogP contribution >= 0.6 is 34.8 Å². The lowest BCUT2D eigenvalue weighted by molar-refractivity contribution is -0.384. The molecule has 178 valence electrons. The highest BCUT2D eigenvalue weighted by atomic mass is 35.5. The van der Waals surface area contributed by atoms with Crippen LogP contribution in [0.5, 0.6) is 11.5 Å². The van der Waals surface area contributed by atoms with Crippen molar-refractivity contribution in [3.63, 3.8) is 0 Å². The molecule has 0 fully saturated rings. The number of carbonyl (C=O) groups excluding carboxylic acids is 1. The molecule has 0 saturated carbocycles. The summed E-state index contributed by atoms with van der Waals surface area (Å²) < 4.78 is 11.2. The van der Waals surface area contributed by atoms with E-state index in [1.165, 1.54) is 13.2 Å². The van der Waals surface area contributed by atoms with Gasteiger partial charge in [-0.2, -0.15) is 5.26 Å². The highest BCUT2D eigenvalue weighted by molar-refractivity contribution is 6.40. The van der Waals surface area contributed by atoms with Gasteiger partial charge in [0.25, 0.3) is 11.6 Å². The van der Waals surface area contributed by atoms with Crippen LogP contribution in [0.25, 0.3) is 6.08 Å². The number of halogens is 3. The molecular weight excluding hydrogens is 517 g/mol. The highest BCUT2D eigenvalue weighted by Crippen LogP contribution is 2.35. The number of rotatable bonds is 8. The fraction of sp³-hybridized carbons (Fsp3) is 0.0833. The van der Waals surface area contributed by atoms with Crippen molar-refractivity contribution in [2.75, 3.05) is 12.4 Å². The molecular formula is C24H16Cl3N3O5. The zero-order chi connectivity index (χ0) is 25.5. The van der Waals surface area contributed by atoms with Crippen molar-refractivity contribution in [3.05, 3.63) is 96.5 Å². The van der Waals surface area contributed by atoms with Gasteiger partial charge in [0, 0.05) is 17.2 Å². The first kappa shape index (κ1) is 25.8.